The van der Waals surface area contributed by atoms with Crippen LogP contribution >= 0.6 is 28.3 Å². The Labute approximate surface area is 256 Å². The average Bonchev–Trinajstić information content (AvgIpc) is 3.05. The summed E-state index contributed by atoms with van der Waals surface area (Å²) in [6.45, 7) is 0. The van der Waals surface area contributed by atoms with Crippen LogP contribution in [-0.4, -0.2) is 25.8 Å². The van der Waals surface area contributed by atoms with Gasteiger partial charge in [-0.05, 0) is 57.3 Å². The van der Waals surface area contributed by atoms with E-state index in [1.807, 2.05) is 72.8 Å². The number of carbonyl (C=O) groups is 2. The van der Waals surface area contributed by atoms with E-state index in [1.54, 1.807) is 14.2 Å². The van der Waals surface area contributed by atoms with Crippen LogP contribution in [-0.2, 0) is 0 Å². The van der Waals surface area contributed by atoms with Gasteiger partial charge in [-0.1, -0.05) is 60.7 Å². The molecule has 0 spiro atoms. The smallest absolute Gasteiger partial charge is 0.194 e. The fourth-order valence-electron chi connectivity index (χ4n) is 7.27. The van der Waals surface area contributed by atoms with E-state index < -0.39 is 0 Å². The SMILES string of the molecule is BrBr.COc1cc2c3c(ccc4c5ccc6c7c(cc(OC)c(c1c34)c75)-c1ccccc1C6=O)C(=O)c1ccccc1-2. The van der Waals surface area contributed by atoms with Crippen LogP contribution < -0.4 is 9.47 Å². The van der Waals surface area contributed by atoms with Crippen molar-refractivity contribution in [1.29, 1.82) is 0 Å². The zero-order valence-electron chi connectivity index (χ0n) is 22.5. The Balaban J connectivity index is 0.00000131. The maximum absolute atomic E-state index is 13.7. The minimum absolute atomic E-state index is 0.0241. The van der Waals surface area contributed by atoms with E-state index in [1.165, 1.54) is 0 Å². The molecule has 0 N–H and O–H groups in total. The summed E-state index contributed by atoms with van der Waals surface area (Å²) in [5.41, 5.74) is 6.56. The quantitative estimate of drug-likeness (QED) is 0.135. The predicted molar refractivity (Wildman–Crippen MR) is 176 cm³/mol. The molecule has 0 amide bonds. The van der Waals surface area contributed by atoms with Gasteiger partial charge in [0.1, 0.15) is 11.5 Å². The highest BCUT2D eigenvalue weighted by molar-refractivity contribution is 9.93. The highest BCUT2D eigenvalue weighted by Gasteiger charge is 2.33. The summed E-state index contributed by atoms with van der Waals surface area (Å²) in [5.74, 6) is 1.46. The lowest BCUT2D eigenvalue weighted by atomic mass is 9.76. The Morgan fingerprint density at radius 1 is 0.429 bits per heavy atom. The fourth-order valence-corrected chi connectivity index (χ4v) is 7.27. The Kier molecular flexibility index (Phi) is 5.53. The molecule has 0 fully saturated rings. The van der Waals surface area contributed by atoms with Crippen molar-refractivity contribution in [2.24, 2.45) is 0 Å². The first-order chi connectivity index (χ1) is 20.6. The van der Waals surface area contributed by atoms with Crippen LogP contribution in [0.25, 0.3) is 65.3 Å². The molecule has 202 valence electrons. The number of ether oxygens (including phenoxy) is 2. The molecule has 6 heteroatoms. The number of hydrogen-bond donors (Lipinski definition) is 0. The molecule has 0 saturated heterocycles. The predicted octanol–water partition coefficient (Wildman–Crippen LogP) is 9.87. The number of halogens is 2. The van der Waals surface area contributed by atoms with Gasteiger partial charge in [-0.2, -0.15) is 0 Å². The third-order valence-corrected chi connectivity index (χ3v) is 8.89. The molecule has 42 heavy (non-hydrogen) atoms. The van der Waals surface area contributed by atoms with Crippen LogP contribution in [0, 0.1) is 0 Å². The van der Waals surface area contributed by atoms with Crippen molar-refractivity contribution in [2.45, 2.75) is 0 Å². The first-order valence-corrected chi connectivity index (χ1v) is 17.1. The van der Waals surface area contributed by atoms with Gasteiger partial charge in [-0.15, -0.1) is 0 Å². The molecule has 2 aliphatic carbocycles. The van der Waals surface area contributed by atoms with E-state index in [0.717, 1.165) is 65.3 Å². The number of benzene rings is 7. The van der Waals surface area contributed by atoms with Crippen molar-refractivity contribution < 1.29 is 19.1 Å². The summed E-state index contributed by atoms with van der Waals surface area (Å²) >= 11 is 5.50. The number of rotatable bonds is 2. The lowest BCUT2D eigenvalue weighted by molar-refractivity contribution is 0.103. The Bertz CT molecular complexity index is 2170. The molecule has 0 saturated carbocycles. The van der Waals surface area contributed by atoms with Crippen LogP contribution in [0.2, 0.25) is 0 Å². The average molecular weight is 676 g/mol. The third-order valence-electron chi connectivity index (χ3n) is 8.89. The van der Waals surface area contributed by atoms with Crippen LogP contribution in [0.5, 0.6) is 11.5 Å². The first-order valence-electron chi connectivity index (χ1n) is 13.4. The first kappa shape index (κ1) is 25.5. The lowest BCUT2D eigenvalue weighted by Gasteiger charge is -2.27. The van der Waals surface area contributed by atoms with E-state index in [2.05, 4.69) is 40.4 Å². The van der Waals surface area contributed by atoms with Crippen LogP contribution in [0.1, 0.15) is 31.8 Å². The Morgan fingerprint density at radius 2 is 0.810 bits per heavy atom. The van der Waals surface area contributed by atoms with Crippen LogP contribution in [0.15, 0.2) is 84.9 Å². The fraction of sp³-hybridized carbons (Fsp3) is 0.0556. The van der Waals surface area contributed by atoms with Gasteiger partial charge in [0.05, 0.1) is 14.2 Å². The van der Waals surface area contributed by atoms with Gasteiger partial charge < -0.3 is 9.47 Å². The molecule has 0 bridgehead atoms. The number of hydrogen-bond acceptors (Lipinski definition) is 4. The number of ketones is 2. The molecule has 7 aromatic rings. The van der Waals surface area contributed by atoms with Crippen molar-refractivity contribution in [2.75, 3.05) is 14.2 Å². The second kappa shape index (κ2) is 9.12. The molecule has 2 aliphatic rings. The molecule has 0 aromatic heterocycles. The van der Waals surface area contributed by atoms with Gasteiger partial charge >= 0.3 is 0 Å². The maximum atomic E-state index is 13.7. The molecular weight excluding hydrogens is 656 g/mol. The van der Waals surface area contributed by atoms with Gasteiger partial charge in [0.25, 0.3) is 0 Å². The second-order valence-electron chi connectivity index (χ2n) is 10.6. The normalized spacial score (nSPS) is 12.9. The highest BCUT2D eigenvalue weighted by atomic mass is 80.9. The monoisotopic (exact) mass is 674 g/mol. The van der Waals surface area contributed by atoms with Crippen molar-refractivity contribution >= 4 is 82.9 Å². The second-order valence-corrected chi connectivity index (χ2v) is 10.6. The molecule has 7 aromatic carbocycles. The number of fused-ring (bicyclic) bond motifs is 6. The molecule has 4 nitrogen and oxygen atoms in total. The molecular formula is C36H20Br2O4. The lowest BCUT2D eigenvalue weighted by Crippen LogP contribution is -2.12. The zero-order chi connectivity index (χ0) is 28.9. The Morgan fingerprint density at radius 3 is 1.19 bits per heavy atom. The van der Waals surface area contributed by atoms with Gasteiger partial charge in [0, 0.05) is 82.8 Å². The summed E-state index contributed by atoms with van der Waals surface area (Å²) in [4.78, 5) is 27.5. The zero-order valence-corrected chi connectivity index (χ0v) is 25.6. The molecule has 0 atom stereocenters. The summed E-state index contributed by atoms with van der Waals surface area (Å²) in [6, 6.07) is 27.6. The van der Waals surface area contributed by atoms with Gasteiger partial charge in [0.15, 0.2) is 11.6 Å². The minimum Gasteiger partial charge on any atom is -0.496 e. The van der Waals surface area contributed by atoms with Crippen molar-refractivity contribution in [1.82, 2.24) is 0 Å². The van der Waals surface area contributed by atoms with E-state index >= 15 is 0 Å². The van der Waals surface area contributed by atoms with Crippen LogP contribution in [0.4, 0.5) is 0 Å². The minimum atomic E-state index is 0.0241. The summed E-state index contributed by atoms with van der Waals surface area (Å²) in [7, 11) is 3.36. The van der Waals surface area contributed by atoms with E-state index in [-0.39, 0.29) is 11.6 Å². The van der Waals surface area contributed by atoms with Crippen molar-refractivity contribution in [3.05, 3.63) is 107 Å². The molecule has 9 rings (SSSR count). The maximum Gasteiger partial charge on any atom is 0.194 e. The number of methoxy groups -OCH3 is 2. The standard InChI is InChI=1S/C36H20O4.Br2/c1-39-27-15-25-17-7-3-5-9-21(17)35(37)23-13-11-19-20-12-14-24-30-26(18-8-4-6-10-22(18)36(24)38)16-28(40-2)34(32(20)30)33(27)31(19)29(23)25;1-2/h3-16H,1-2H3;. The van der Waals surface area contributed by atoms with Gasteiger partial charge in [0.2, 0.25) is 0 Å². The third kappa shape index (κ3) is 3.01. The largest absolute Gasteiger partial charge is 0.496 e. The molecule has 0 unspecified atom stereocenters. The van der Waals surface area contributed by atoms with E-state index in [0.29, 0.717) is 33.8 Å². The summed E-state index contributed by atoms with van der Waals surface area (Å²) in [5, 5.41) is 7.64. The summed E-state index contributed by atoms with van der Waals surface area (Å²) in [6.07, 6.45) is 0. The molecule has 0 aliphatic heterocycles. The van der Waals surface area contributed by atoms with E-state index in [4.69, 9.17) is 9.47 Å². The molecule has 0 radical (unpaired) electrons. The van der Waals surface area contributed by atoms with E-state index in [9.17, 15) is 9.59 Å². The van der Waals surface area contributed by atoms with Crippen molar-refractivity contribution in [3.63, 3.8) is 0 Å². The number of carbonyl (C=O) groups excluding carboxylic acids is 2. The van der Waals surface area contributed by atoms with Crippen LogP contribution in [0.3, 0.4) is 0 Å². The summed E-state index contributed by atoms with van der Waals surface area (Å²) < 4.78 is 12.2. The van der Waals surface area contributed by atoms with Gasteiger partial charge in [-0.3, -0.25) is 9.59 Å². The molecule has 0 heterocycles. The van der Waals surface area contributed by atoms with Gasteiger partial charge in [-0.25, -0.2) is 0 Å². The van der Waals surface area contributed by atoms with Crippen molar-refractivity contribution in [3.8, 4) is 33.8 Å². The Hall–Kier alpha value is -4.26. The highest BCUT2D eigenvalue weighted by Crippen LogP contribution is 2.55. The topological polar surface area (TPSA) is 52.6 Å².